The van der Waals surface area contributed by atoms with Gasteiger partial charge in [0.15, 0.2) is 5.69 Å². The van der Waals surface area contributed by atoms with Crippen LogP contribution < -0.4 is 0 Å². The zero-order valence-corrected chi connectivity index (χ0v) is 19.6. The highest BCUT2D eigenvalue weighted by molar-refractivity contribution is 5.94. The number of esters is 1. The SMILES string of the molecule is CCOC(=O)c1cc(-c2ccccc2C)n(-c2ccc(C(=O)N3CCCC[C@@H]3CC)cc2)n1. The second kappa shape index (κ2) is 10.0. The van der Waals surface area contributed by atoms with Crippen LogP contribution in [-0.2, 0) is 4.74 Å². The van der Waals surface area contributed by atoms with E-state index < -0.39 is 5.97 Å². The Kier molecular flexibility index (Phi) is 6.92. The zero-order valence-electron chi connectivity index (χ0n) is 19.6. The molecule has 0 saturated carbocycles. The lowest BCUT2D eigenvalue weighted by Crippen LogP contribution is -2.43. The zero-order chi connectivity index (χ0) is 23.4. The number of aryl methyl sites for hydroxylation is 1. The highest BCUT2D eigenvalue weighted by Gasteiger charge is 2.26. The number of likely N-dealkylation sites (tertiary alicyclic amines) is 1. The number of carbonyl (C=O) groups is 2. The van der Waals surface area contributed by atoms with Gasteiger partial charge in [0.05, 0.1) is 18.0 Å². The highest BCUT2D eigenvalue weighted by Crippen LogP contribution is 2.28. The van der Waals surface area contributed by atoms with E-state index in [4.69, 9.17) is 4.74 Å². The lowest BCUT2D eigenvalue weighted by molar-refractivity contribution is 0.0518. The molecular formula is C27H31N3O3. The number of hydrogen-bond acceptors (Lipinski definition) is 4. The van der Waals surface area contributed by atoms with E-state index in [9.17, 15) is 9.59 Å². The van der Waals surface area contributed by atoms with Crippen molar-refractivity contribution in [2.24, 2.45) is 0 Å². The summed E-state index contributed by atoms with van der Waals surface area (Å²) in [5.41, 5.74) is 4.59. The average molecular weight is 446 g/mol. The summed E-state index contributed by atoms with van der Waals surface area (Å²) in [5.74, 6) is -0.367. The maximum absolute atomic E-state index is 13.2. The molecule has 1 fully saturated rings. The van der Waals surface area contributed by atoms with Crippen LogP contribution in [0.4, 0.5) is 0 Å². The normalized spacial score (nSPS) is 16.0. The van der Waals surface area contributed by atoms with Crippen LogP contribution in [0.3, 0.4) is 0 Å². The fourth-order valence-corrected chi connectivity index (χ4v) is 4.54. The molecule has 6 heteroatoms. The maximum Gasteiger partial charge on any atom is 0.358 e. The van der Waals surface area contributed by atoms with E-state index in [1.54, 1.807) is 17.7 Å². The molecule has 4 rings (SSSR count). The van der Waals surface area contributed by atoms with Crippen molar-refractivity contribution in [3.63, 3.8) is 0 Å². The first kappa shape index (κ1) is 22.8. The first-order chi connectivity index (χ1) is 16.0. The fraction of sp³-hybridized carbons (Fsp3) is 0.370. The number of amides is 1. The van der Waals surface area contributed by atoms with Crippen molar-refractivity contribution in [1.29, 1.82) is 0 Å². The molecule has 3 aromatic rings. The van der Waals surface area contributed by atoms with Gasteiger partial charge >= 0.3 is 5.97 Å². The number of aromatic nitrogens is 2. The lowest BCUT2D eigenvalue weighted by atomic mass is 9.99. The number of rotatable bonds is 6. The van der Waals surface area contributed by atoms with E-state index in [0.29, 0.717) is 11.6 Å². The van der Waals surface area contributed by atoms with Crippen LogP contribution in [0.1, 0.15) is 65.9 Å². The third-order valence-electron chi connectivity index (χ3n) is 6.33. The molecule has 1 aromatic heterocycles. The van der Waals surface area contributed by atoms with Crippen molar-refractivity contribution in [1.82, 2.24) is 14.7 Å². The highest BCUT2D eigenvalue weighted by atomic mass is 16.5. The van der Waals surface area contributed by atoms with Gasteiger partial charge in [-0.15, -0.1) is 0 Å². The summed E-state index contributed by atoms with van der Waals surface area (Å²) in [6.07, 6.45) is 4.30. The van der Waals surface area contributed by atoms with Gasteiger partial charge in [0, 0.05) is 23.7 Å². The van der Waals surface area contributed by atoms with Crippen molar-refractivity contribution >= 4 is 11.9 Å². The minimum atomic E-state index is -0.450. The van der Waals surface area contributed by atoms with Crippen molar-refractivity contribution in [2.75, 3.05) is 13.2 Å². The smallest absolute Gasteiger partial charge is 0.358 e. The van der Waals surface area contributed by atoms with Gasteiger partial charge in [0.25, 0.3) is 5.91 Å². The molecule has 1 amide bonds. The van der Waals surface area contributed by atoms with Gasteiger partial charge in [-0.2, -0.15) is 5.10 Å². The molecule has 1 aliphatic rings. The molecule has 0 radical (unpaired) electrons. The van der Waals surface area contributed by atoms with E-state index in [1.807, 2.05) is 60.4 Å². The number of hydrogen-bond donors (Lipinski definition) is 0. The number of ether oxygens (including phenoxy) is 1. The van der Waals surface area contributed by atoms with Crippen molar-refractivity contribution < 1.29 is 14.3 Å². The second-order valence-corrected chi connectivity index (χ2v) is 8.47. The van der Waals surface area contributed by atoms with Gasteiger partial charge < -0.3 is 9.64 Å². The summed E-state index contributed by atoms with van der Waals surface area (Å²) in [5, 5.41) is 4.55. The van der Waals surface area contributed by atoms with E-state index in [-0.39, 0.29) is 18.2 Å². The number of benzene rings is 2. The minimum Gasteiger partial charge on any atom is -0.461 e. The van der Waals surface area contributed by atoms with Crippen molar-refractivity contribution in [3.8, 4) is 16.9 Å². The van der Waals surface area contributed by atoms with Crippen LogP contribution in [0.5, 0.6) is 0 Å². The van der Waals surface area contributed by atoms with E-state index in [1.165, 1.54) is 6.42 Å². The molecular weight excluding hydrogens is 414 g/mol. The molecule has 0 N–H and O–H groups in total. The summed E-state index contributed by atoms with van der Waals surface area (Å²) in [7, 11) is 0. The van der Waals surface area contributed by atoms with Gasteiger partial charge in [-0.3, -0.25) is 4.79 Å². The van der Waals surface area contributed by atoms with E-state index in [2.05, 4.69) is 12.0 Å². The number of carbonyl (C=O) groups excluding carboxylic acids is 2. The van der Waals surface area contributed by atoms with E-state index >= 15 is 0 Å². The standard InChI is InChI=1S/C27H31N3O3/c1-4-21-11-8-9-17-29(21)26(31)20-13-15-22(16-14-20)30-25(23-12-7-6-10-19(23)3)18-24(28-30)27(32)33-5-2/h6-7,10,12-16,18,21H,4-5,8-9,11,17H2,1-3H3/t21-/m0/s1. The minimum absolute atomic E-state index is 0.0832. The summed E-state index contributed by atoms with van der Waals surface area (Å²) in [4.78, 5) is 27.6. The topological polar surface area (TPSA) is 64.4 Å². The van der Waals surface area contributed by atoms with Gasteiger partial charge in [-0.1, -0.05) is 31.2 Å². The Bertz CT molecular complexity index is 1130. The third kappa shape index (κ3) is 4.70. The first-order valence-corrected chi connectivity index (χ1v) is 11.8. The molecule has 0 aliphatic carbocycles. The van der Waals surface area contributed by atoms with Gasteiger partial charge in [-0.05, 0) is 75.4 Å². The fourth-order valence-electron chi connectivity index (χ4n) is 4.54. The summed E-state index contributed by atoms with van der Waals surface area (Å²) >= 11 is 0. The number of nitrogens with zero attached hydrogens (tertiary/aromatic N) is 3. The Morgan fingerprint density at radius 1 is 1.06 bits per heavy atom. The quantitative estimate of drug-likeness (QED) is 0.475. The Labute approximate surface area is 195 Å². The van der Waals surface area contributed by atoms with Crippen molar-refractivity contribution in [3.05, 3.63) is 71.4 Å². The predicted molar refractivity (Wildman–Crippen MR) is 129 cm³/mol. The van der Waals surface area contributed by atoms with Gasteiger partial charge in [-0.25, -0.2) is 9.48 Å². The van der Waals surface area contributed by atoms with Crippen LogP contribution in [0.25, 0.3) is 16.9 Å². The van der Waals surface area contributed by atoms with Crippen LogP contribution in [0, 0.1) is 6.92 Å². The molecule has 2 heterocycles. The Balaban J connectivity index is 1.69. The molecule has 0 spiro atoms. The molecule has 2 aromatic carbocycles. The van der Waals surface area contributed by atoms with E-state index in [0.717, 1.165) is 48.3 Å². The Morgan fingerprint density at radius 2 is 1.82 bits per heavy atom. The lowest BCUT2D eigenvalue weighted by Gasteiger charge is -2.35. The molecule has 6 nitrogen and oxygen atoms in total. The monoisotopic (exact) mass is 445 g/mol. The first-order valence-electron chi connectivity index (χ1n) is 11.8. The summed E-state index contributed by atoms with van der Waals surface area (Å²) in [6.45, 7) is 7.06. The van der Waals surface area contributed by atoms with Crippen molar-refractivity contribution in [2.45, 2.75) is 52.5 Å². The summed E-state index contributed by atoms with van der Waals surface area (Å²) in [6, 6.07) is 17.6. The Hall–Kier alpha value is -3.41. The molecule has 1 atom stereocenters. The molecule has 1 aliphatic heterocycles. The summed E-state index contributed by atoms with van der Waals surface area (Å²) < 4.78 is 6.92. The maximum atomic E-state index is 13.2. The Morgan fingerprint density at radius 3 is 2.52 bits per heavy atom. The van der Waals surface area contributed by atoms with Gasteiger partial charge in [0.2, 0.25) is 0 Å². The third-order valence-corrected chi connectivity index (χ3v) is 6.33. The predicted octanol–water partition coefficient (Wildman–Crippen LogP) is 5.43. The largest absolute Gasteiger partial charge is 0.461 e. The van der Waals surface area contributed by atoms with Crippen LogP contribution in [0.15, 0.2) is 54.6 Å². The molecule has 172 valence electrons. The van der Waals surface area contributed by atoms with Crippen LogP contribution >= 0.6 is 0 Å². The average Bonchev–Trinajstić information content (AvgIpc) is 3.29. The molecule has 33 heavy (non-hydrogen) atoms. The van der Waals surface area contributed by atoms with Crippen LogP contribution in [0.2, 0.25) is 0 Å². The molecule has 0 unspecified atom stereocenters. The molecule has 0 bridgehead atoms. The number of piperidine rings is 1. The second-order valence-electron chi connectivity index (χ2n) is 8.47. The van der Waals surface area contributed by atoms with Crippen LogP contribution in [-0.4, -0.2) is 45.8 Å². The molecule has 1 saturated heterocycles. The van der Waals surface area contributed by atoms with Gasteiger partial charge in [0.1, 0.15) is 0 Å².